The lowest BCUT2D eigenvalue weighted by atomic mass is 10.1. The lowest BCUT2D eigenvalue weighted by Crippen LogP contribution is -2.46. The normalized spacial score (nSPS) is 15.1. The summed E-state index contributed by atoms with van der Waals surface area (Å²) in [6.45, 7) is 3.28. The summed E-state index contributed by atoms with van der Waals surface area (Å²) in [4.78, 5) is 11.8. The van der Waals surface area contributed by atoms with E-state index in [1.54, 1.807) is 13.8 Å². The molecule has 0 bridgehead atoms. The molecule has 3 N–H and O–H groups in total. The van der Waals surface area contributed by atoms with Crippen molar-refractivity contribution in [3.63, 3.8) is 0 Å². The largest absolute Gasteiger partial charge is 0.395 e. The Hall–Kier alpha value is -1.34. The minimum absolute atomic E-state index is 0.0588. The van der Waals surface area contributed by atoms with E-state index in [4.69, 9.17) is 5.11 Å². The fourth-order valence-electron chi connectivity index (χ4n) is 1.91. The van der Waals surface area contributed by atoms with Crippen molar-refractivity contribution in [3.8, 4) is 0 Å². The Morgan fingerprint density at radius 3 is 2.57 bits per heavy atom. The zero-order chi connectivity index (χ0) is 16.0. The number of carbonyl (C=O) groups excluding carboxylic acids is 1. The van der Waals surface area contributed by atoms with E-state index in [0.717, 1.165) is 6.07 Å². The van der Waals surface area contributed by atoms with Crippen LogP contribution >= 0.6 is 11.8 Å². The van der Waals surface area contributed by atoms with Gasteiger partial charge in [0, 0.05) is 16.9 Å². The van der Waals surface area contributed by atoms with E-state index in [1.807, 2.05) is 6.26 Å². The first-order valence-corrected chi connectivity index (χ1v) is 7.84. The Morgan fingerprint density at radius 1 is 1.33 bits per heavy atom. The molecule has 0 heterocycles. The van der Waals surface area contributed by atoms with Gasteiger partial charge in [-0.25, -0.2) is 13.6 Å². The molecule has 21 heavy (non-hydrogen) atoms. The van der Waals surface area contributed by atoms with Gasteiger partial charge < -0.3 is 15.7 Å². The highest BCUT2D eigenvalue weighted by Crippen LogP contribution is 2.19. The van der Waals surface area contributed by atoms with Crippen LogP contribution in [0.15, 0.2) is 18.2 Å². The fraction of sp³-hybridized carbons (Fsp3) is 0.500. The third kappa shape index (κ3) is 4.86. The second kappa shape index (κ2) is 8.19. The molecule has 7 heteroatoms. The zero-order valence-corrected chi connectivity index (χ0v) is 13.0. The van der Waals surface area contributed by atoms with Gasteiger partial charge in [0.2, 0.25) is 0 Å². The van der Waals surface area contributed by atoms with Crippen LogP contribution in [-0.4, -0.2) is 35.3 Å². The SMILES string of the molecule is CSC(CO)C(C)NC(=O)NC(C)c1cccc(F)c1F. The number of amides is 2. The number of nitrogens with one attached hydrogen (secondary N) is 2. The molecule has 2 amide bonds. The predicted molar refractivity (Wildman–Crippen MR) is 80.3 cm³/mol. The summed E-state index contributed by atoms with van der Waals surface area (Å²) in [5, 5.41) is 14.2. The molecule has 0 saturated carbocycles. The van der Waals surface area contributed by atoms with Crippen molar-refractivity contribution in [1.82, 2.24) is 10.6 Å². The average Bonchev–Trinajstić information content (AvgIpc) is 2.42. The van der Waals surface area contributed by atoms with Crippen LogP contribution in [0.2, 0.25) is 0 Å². The second-order valence-electron chi connectivity index (χ2n) is 4.73. The Kier molecular flexibility index (Phi) is 6.91. The monoisotopic (exact) mass is 318 g/mol. The maximum absolute atomic E-state index is 13.6. The Balaban J connectivity index is 2.64. The summed E-state index contributed by atoms with van der Waals surface area (Å²) in [6.07, 6.45) is 1.84. The summed E-state index contributed by atoms with van der Waals surface area (Å²) >= 11 is 1.44. The van der Waals surface area contributed by atoms with Gasteiger partial charge in [-0.05, 0) is 26.2 Å². The molecule has 0 fully saturated rings. The van der Waals surface area contributed by atoms with Crippen LogP contribution in [0.4, 0.5) is 13.6 Å². The highest BCUT2D eigenvalue weighted by atomic mass is 32.2. The van der Waals surface area contributed by atoms with Gasteiger partial charge in [-0.2, -0.15) is 11.8 Å². The Labute approximate surface area is 127 Å². The maximum atomic E-state index is 13.6. The van der Waals surface area contributed by atoms with Gasteiger partial charge in [-0.1, -0.05) is 12.1 Å². The number of halogens is 2. The lowest BCUT2D eigenvalue weighted by Gasteiger charge is -2.23. The molecule has 1 aromatic carbocycles. The van der Waals surface area contributed by atoms with Gasteiger partial charge in [0.15, 0.2) is 11.6 Å². The summed E-state index contributed by atoms with van der Waals surface area (Å²) in [6, 6.07) is 2.42. The van der Waals surface area contributed by atoms with Crippen molar-refractivity contribution in [2.24, 2.45) is 0 Å². The zero-order valence-electron chi connectivity index (χ0n) is 12.2. The van der Waals surface area contributed by atoms with Gasteiger partial charge in [0.1, 0.15) is 0 Å². The highest BCUT2D eigenvalue weighted by molar-refractivity contribution is 7.99. The number of hydrogen-bond donors (Lipinski definition) is 3. The summed E-state index contributed by atoms with van der Waals surface area (Å²) in [5.74, 6) is -1.91. The number of hydrogen-bond acceptors (Lipinski definition) is 3. The van der Waals surface area contributed by atoms with Crippen LogP contribution in [0, 0.1) is 11.6 Å². The van der Waals surface area contributed by atoms with E-state index in [2.05, 4.69) is 10.6 Å². The Morgan fingerprint density at radius 2 is 2.00 bits per heavy atom. The van der Waals surface area contributed by atoms with Crippen molar-refractivity contribution in [2.75, 3.05) is 12.9 Å². The molecule has 0 radical (unpaired) electrons. The van der Waals surface area contributed by atoms with Crippen molar-refractivity contribution in [3.05, 3.63) is 35.4 Å². The maximum Gasteiger partial charge on any atom is 0.315 e. The molecular weight excluding hydrogens is 298 g/mol. The first-order valence-electron chi connectivity index (χ1n) is 6.55. The summed E-state index contributed by atoms with van der Waals surface area (Å²) < 4.78 is 26.8. The molecule has 0 aliphatic carbocycles. The molecule has 0 aromatic heterocycles. The van der Waals surface area contributed by atoms with E-state index in [-0.39, 0.29) is 23.5 Å². The molecule has 0 saturated heterocycles. The molecule has 0 spiro atoms. The van der Waals surface area contributed by atoms with Crippen molar-refractivity contribution < 1.29 is 18.7 Å². The number of thioether (sulfide) groups is 1. The fourth-order valence-corrected chi connectivity index (χ4v) is 2.53. The molecule has 1 aromatic rings. The van der Waals surface area contributed by atoms with Crippen LogP contribution in [0.5, 0.6) is 0 Å². The first-order chi connectivity index (χ1) is 9.90. The summed E-state index contributed by atoms with van der Waals surface area (Å²) in [5.41, 5.74) is 0.0846. The predicted octanol–water partition coefficient (Wildman–Crippen LogP) is 2.44. The van der Waals surface area contributed by atoms with Crippen LogP contribution in [0.3, 0.4) is 0 Å². The minimum atomic E-state index is -0.962. The quantitative estimate of drug-likeness (QED) is 0.755. The van der Waals surface area contributed by atoms with E-state index in [9.17, 15) is 13.6 Å². The van der Waals surface area contributed by atoms with Crippen molar-refractivity contribution in [1.29, 1.82) is 0 Å². The smallest absolute Gasteiger partial charge is 0.315 e. The number of benzene rings is 1. The minimum Gasteiger partial charge on any atom is -0.395 e. The summed E-state index contributed by atoms with van der Waals surface area (Å²) in [7, 11) is 0. The number of carbonyl (C=O) groups is 1. The van der Waals surface area contributed by atoms with Gasteiger partial charge >= 0.3 is 6.03 Å². The standard InChI is InChI=1S/C14H20F2N2O2S/c1-8(10-5-4-6-11(15)13(10)16)17-14(20)18-9(2)12(7-19)21-3/h4-6,8-9,12,19H,7H2,1-3H3,(H2,17,18,20). The molecule has 3 unspecified atom stereocenters. The molecule has 0 aliphatic heterocycles. The topological polar surface area (TPSA) is 61.4 Å². The van der Waals surface area contributed by atoms with Crippen molar-refractivity contribution >= 4 is 17.8 Å². The molecule has 4 nitrogen and oxygen atoms in total. The average molecular weight is 318 g/mol. The lowest BCUT2D eigenvalue weighted by molar-refractivity contribution is 0.229. The van der Waals surface area contributed by atoms with Gasteiger partial charge in [-0.3, -0.25) is 0 Å². The highest BCUT2D eigenvalue weighted by Gasteiger charge is 2.20. The van der Waals surface area contributed by atoms with E-state index < -0.39 is 23.7 Å². The van der Waals surface area contributed by atoms with Crippen LogP contribution in [-0.2, 0) is 0 Å². The molecule has 118 valence electrons. The van der Waals surface area contributed by atoms with Crippen molar-refractivity contribution in [2.45, 2.75) is 31.2 Å². The van der Waals surface area contributed by atoms with Gasteiger partial charge in [-0.15, -0.1) is 0 Å². The number of aliphatic hydroxyl groups is 1. The first kappa shape index (κ1) is 17.7. The number of urea groups is 1. The van der Waals surface area contributed by atoms with E-state index in [1.165, 1.54) is 23.9 Å². The van der Waals surface area contributed by atoms with Crippen LogP contribution in [0.1, 0.15) is 25.5 Å². The van der Waals surface area contributed by atoms with E-state index >= 15 is 0 Å². The Bertz CT molecular complexity index is 484. The molecule has 3 atom stereocenters. The number of rotatable bonds is 6. The van der Waals surface area contributed by atoms with E-state index in [0.29, 0.717) is 0 Å². The van der Waals surface area contributed by atoms with Crippen LogP contribution in [0.25, 0.3) is 0 Å². The van der Waals surface area contributed by atoms with Gasteiger partial charge in [0.25, 0.3) is 0 Å². The van der Waals surface area contributed by atoms with Crippen LogP contribution < -0.4 is 10.6 Å². The second-order valence-corrected chi connectivity index (χ2v) is 5.80. The molecule has 1 rings (SSSR count). The third-order valence-corrected chi connectivity index (χ3v) is 4.36. The van der Waals surface area contributed by atoms with Gasteiger partial charge in [0.05, 0.1) is 12.6 Å². The number of aliphatic hydroxyl groups excluding tert-OH is 1. The molecule has 0 aliphatic rings. The third-order valence-electron chi connectivity index (χ3n) is 3.19. The molecular formula is C14H20F2N2O2S.